The fourth-order valence-electron chi connectivity index (χ4n) is 2.69. The van der Waals surface area contributed by atoms with Crippen LogP contribution in [0, 0.1) is 11.8 Å². The summed E-state index contributed by atoms with van der Waals surface area (Å²) >= 11 is 0. The molecule has 0 heteroatoms. The summed E-state index contributed by atoms with van der Waals surface area (Å²) in [5.74, 6) is 1.66. The van der Waals surface area contributed by atoms with Gasteiger partial charge in [-0.05, 0) is 44.6 Å². The Morgan fingerprint density at radius 3 is 2.08 bits per heavy atom. The molecule has 0 spiro atoms. The first-order valence-corrected chi connectivity index (χ1v) is 5.37. The largest absolute Gasteiger partial charge is 0.0958 e. The van der Waals surface area contributed by atoms with E-state index >= 15 is 0 Å². The molecule has 1 saturated carbocycles. The van der Waals surface area contributed by atoms with E-state index < -0.39 is 0 Å². The van der Waals surface area contributed by atoms with Crippen molar-refractivity contribution in [2.45, 2.75) is 47.0 Å². The SMILES string of the molecule is C=C(C)C(=C(C)C)C1CCCC1C. The van der Waals surface area contributed by atoms with Crippen LogP contribution in [0.5, 0.6) is 0 Å². The molecule has 0 aromatic heterocycles. The molecule has 2 atom stereocenters. The number of hydrogen-bond acceptors (Lipinski definition) is 0. The molecule has 1 fully saturated rings. The molecular formula is C13H22. The highest BCUT2D eigenvalue weighted by atomic mass is 14.3. The van der Waals surface area contributed by atoms with Gasteiger partial charge in [-0.3, -0.25) is 0 Å². The van der Waals surface area contributed by atoms with E-state index in [4.69, 9.17) is 0 Å². The van der Waals surface area contributed by atoms with Gasteiger partial charge in [-0.1, -0.05) is 37.5 Å². The van der Waals surface area contributed by atoms with Crippen LogP contribution in [0.15, 0.2) is 23.3 Å². The van der Waals surface area contributed by atoms with Crippen molar-refractivity contribution < 1.29 is 0 Å². The minimum absolute atomic E-state index is 0.794. The molecule has 0 aliphatic heterocycles. The molecule has 0 saturated heterocycles. The fourth-order valence-corrected chi connectivity index (χ4v) is 2.69. The Balaban J connectivity index is 2.89. The number of allylic oxidation sites excluding steroid dienone is 3. The smallest absolute Gasteiger partial charge is 0.0134 e. The van der Waals surface area contributed by atoms with E-state index in [0.29, 0.717) is 0 Å². The zero-order chi connectivity index (χ0) is 10.0. The third-order valence-corrected chi connectivity index (χ3v) is 3.23. The molecule has 13 heavy (non-hydrogen) atoms. The normalized spacial score (nSPS) is 27.4. The van der Waals surface area contributed by atoms with Crippen LogP contribution < -0.4 is 0 Å². The molecule has 0 heterocycles. The second kappa shape index (κ2) is 4.13. The summed E-state index contributed by atoms with van der Waals surface area (Å²) in [5.41, 5.74) is 4.29. The lowest BCUT2D eigenvalue weighted by Crippen LogP contribution is -2.09. The molecule has 0 amide bonds. The van der Waals surface area contributed by atoms with Gasteiger partial charge in [0.1, 0.15) is 0 Å². The third kappa shape index (κ3) is 2.24. The van der Waals surface area contributed by atoms with Gasteiger partial charge in [-0.15, -0.1) is 0 Å². The Bertz CT molecular complexity index is 228. The topological polar surface area (TPSA) is 0 Å². The Morgan fingerprint density at radius 1 is 1.15 bits per heavy atom. The molecular weight excluding hydrogens is 156 g/mol. The van der Waals surface area contributed by atoms with Gasteiger partial charge in [0, 0.05) is 0 Å². The van der Waals surface area contributed by atoms with E-state index in [9.17, 15) is 0 Å². The van der Waals surface area contributed by atoms with Gasteiger partial charge in [0.05, 0.1) is 0 Å². The average molecular weight is 178 g/mol. The van der Waals surface area contributed by atoms with Gasteiger partial charge in [-0.25, -0.2) is 0 Å². The summed E-state index contributed by atoms with van der Waals surface area (Å²) in [6, 6.07) is 0. The Hall–Kier alpha value is -0.520. The monoisotopic (exact) mass is 178 g/mol. The first-order valence-electron chi connectivity index (χ1n) is 5.37. The van der Waals surface area contributed by atoms with Crippen molar-refractivity contribution in [3.05, 3.63) is 23.3 Å². The summed E-state index contributed by atoms with van der Waals surface area (Å²) in [6.45, 7) is 13.1. The third-order valence-electron chi connectivity index (χ3n) is 3.23. The second-order valence-electron chi connectivity index (χ2n) is 4.71. The van der Waals surface area contributed by atoms with Crippen molar-refractivity contribution in [2.24, 2.45) is 11.8 Å². The highest BCUT2D eigenvalue weighted by Crippen LogP contribution is 2.39. The zero-order valence-electron chi connectivity index (χ0n) is 9.48. The summed E-state index contributed by atoms with van der Waals surface area (Å²) in [5, 5.41) is 0. The lowest BCUT2D eigenvalue weighted by atomic mass is 9.84. The molecule has 0 radical (unpaired) electrons. The Kier molecular flexibility index (Phi) is 3.35. The lowest BCUT2D eigenvalue weighted by molar-refractivity contribution is 0.481. The molecule has 0 aromatic rings. The quantitative estimate of drug-likeness (QED) is 0.552. The summed E-state index contributed by atoms with van der Waals surface area (Å²) < 4.78 is 0. The fraction of sp³-hybridized carbons (Fsp3) is 0.692. The van der Waals surface area contributed by atoms with Crippen LogP contribution >= 0.6 is 0 Å². The van der Waals surface area contributed by atoms with Gasteiger partial charge in [0.2, 0.25) is 0 Å². The minimum Gasteiger partial charge on any atom is -0.0958 e. The van der Waals surface area contributed by atoms with Gasteiger partial charge < -0.3 is 0 Å². The van der Waals surface area contributed by atoms with Crippen LogP contribution in [0.25, 0.3) is 0 Å². The van der Waals surface area contributed by atoms with Gasteiger partial charge in [0.15, 0.2) is 0 Å². The lowest BCUT2D eigenvalue weighted by Gasteiger charge is -2.21. The number of rotatable bonds is 2. The van der Waals surface area contributed by atoms with Crippen LogP contribution in [0.4, 0.5) is 0 Å². The Labute approximate surface area is 82.7 Å². The molecule has 0 aromatic carbocycles. The summed E-state index contributed by atoms with van der Waals surface area (Å²) in [6.07, 6.45) is 4.17. The molecule has 0 N–H and O–H groups in total. The van der Waals surface area contributed by atoms with Crippen LogP contribution in [0.1, 0.15) is 47.0 Å². The highest BCUT2D eigenvalue weighted by Gasteiger charge is 2.27. The van der Waals surface area contributed by atoms with Crippen molar-refractivity contribution in [1.82, 2.24) is 0 Å². The molecule has 1 rings (SSSR count). The number of hydrogen-bond donors (Lipinski definition) is 0. The maximum atomic E-state index is 4.10. The van der Waals surface area contributed by atoms with Gasteiger partial charge >= 0.3 is 0 Å². The van der Waals surface area contributed by atoms with Crippen LogP contribution in [0.2, 0.25) is 0 Å². The van der Waals surface area contributed by atoms with Crippen LogP contribution in [0.3, 0.4) is 0 Å². The highest BCUT2D eigenvalue weighted by molar-refractivity contribution is 5.33. The molecule has 0 nitrogen and oxygen atoms in total. The van der Waals surface area contributed by atoms with Gasteiger partial charge in [0.25, 0.3) is 0 Å². The van der Waals surface area contributed by atoms with E-state index in [1.54, 1.807) is 5.57 Å². The van der Waals surface area contributed by atoms with E-state index in [0.717, 1.165) is 11.8 Å². The standard InChI is InChI=1S/C13H22/c1-9(2)13(10(3)4)12-8-6-7-11(12)5/h11-12H,1,6-8H2,2-5H3. The molecule has 1 aliphatic carbocycles. The van der Waals surface area contributed by atoms with Crippen LogP contribution in [-0.2, 0) is 0 Å². The maximum absolute atomic E-state index is 4.10. The molecule has 74 valence electrons. The minimum atomic E-state index is 0.794. The van der Waals surface area contributed by atoms with Crippen molar-refractivity contribution in [3.8, 4) is 0 Å². The van der Waals surface area contributed by atoms with Crippen molar-refractivity contribution >= 4 is 0 Å². The second-order valence-corrected chi connectivity index (χ2v) is 4.71. The van der Waals surface area contributed by atoms with E-state index in [-0.39, 0.29) is 0 Å². The predicted molar refractivity (Wildman–Crippen MR) is 59.7 cm³/mol. The van der Waals surface area contributed by atoms with Crippen molar-refractivity contribution in [1.29, 1.82) is 0 Å². The zero-order valence-corrected chi connectivity index (χ0v) is 9.48. The van der Waals surface area contributed by atoms with E-state index in [1.165, 1.54) is 30.4 Å². The molecule has 1 aliphatic rings. The summed E-state index contributed by atoms with van der Waals surface area (Å²) in [4.78, 5) is 0. The first kappa shape index (κ1) is 10.6. The summed E-state index contributed by atoms with van der Waals surface area (Å²) in [7, 11) is 0. The molecule has 0 bridgehead atoms. The van der Waals surface area contributed by atoms with Crippen molar-refractivity contribution in [3.63, 3.8) is 0 Å². The Morgan fingerprint density at radius 2 is 1.77 bits per heavy atom. The first-order chi connectivity index (χ1) is 6.04. The van der Waals surface area contributed by atoms with Crippen molar-refractivity contribution in [2.75, 3.05) is 0 Å². The van der Waals surface area contributed by atoms with E-state index in [1.807, 2.05) is 0 Å². The van der Waals surface area contributed by atoms with Gasteiger partial charge in [-0.2, -0.15) is 0 Å². The molecule has 2 unspecified atom stereocenters. The predicted octanol–water partition coefficient (Wildman–Crippen LogP) is 4.34. The van der Waals surface area contributed by atoms with E-state index in [2.05, 4.69) is 34.3 Å². The van der Waals surface area contributed by atoms with Crippen LogP contribution in [-0.4, -0.2) is 0 Å². The maximum Gasteiger partial charge on any atom is -0.0134 e. The average Bonchev–Trinajstić information content (AvgIpc) is 2.35.